The minimum absolute atomic E-state index is 0.133. The number of guanidine groups is 1. The molecule has 0 spiro atoms. The van der Waals surface area contributed by atoms with E-state index in [0.29, 0.717) is 6.54 Å². The Balaban J connectivity index is 1.87. The molecule has 6 heteroatoms. The van der Waals surface area contributed by atoms with Crippen molar-refractivity contribution in [3.8, 4) is 0 Å². The van der Waals surface area contributed by atoms with Crippen molar-refractivity contribution in [3.05, 3.63) is 24.2 Å². The van der Waals surface area contributed by atoms with Gasteiger partial charge in [0.05, 0.1) is 25.5 Å². The molecule has 1 saturated carbocycles. The number of nitrogens with one attached hydrogen (secondary N) is 1. The molecule has 6 nitrogen and oxygen atoms in total. The van der Waals surface area contributed by atoms with Crippen LogP contribution < -0.4 is 5.32 Å². The average molecular weight is 336 g/mol. The number of ether oxygens (including phenoxy) is 1. The Bertz CT molecular complexity index is 483. The molecule has 0 radical (unpaired) electrons. The summed E-state index contributed by atoms with van der Waals surface area (Å²) in [6.07, 6.45) is 4.38. The molecule has 0 aliphatic heterocycles. The van der Waals surface area contributed by atoms with E-state index in [1.54, 1.807) is 6.26 Å². The van der Waals surface area contributed by atoms with Crippen LogP contribution in [0.2, 0.25) is 0 Å². The van der Waals surface area contributed by atoms with E-state index < -0.39 is 0 Å². The normalized spacial score (nSPS) is 16.5. The first-order valence-electron chi connectivity index (χ1n) is 8.88. The van der Waals surface area contributed by atoms with E-state index in [9.17, 15) is 0 Å². The molecule has 0 saturated heterocycles. The third kappa shape index (κ3) is 6.17. The Morgan fingerprint density at radius 2 is 2.21 bits per heavy atom. The fourth-order valence-electron chi connectivity index (χ4n) is 2.47. The zero-order valence-electron chi connectivity index (χ0n) is 15.5. The van der Waals surface area contributed by atoms with Crippen LogP contribution in [-0.4, -0.2) is 69.8 Å². The molecule has 1 aliphatic carbocycles. The van der Waals surface area contributed by atoms with Gasteiger partial charge in [0.25, 0.3) is 0 Å². The second-order valence-corrected chi connectivity index (χ2v) is 6.63. The first-order chi connectivity index (χ1) is 11.6. The van der Waals surface area contributed by atoms with Crippen molar-refractivity contribution in [2.45, 2.75) is 25.8 Å². The zero-order chi connectivity index (χ0) is 17.4. The van der Waals surface area contributed by atoms with E-state index in [4.69, 9.17) is 14.1 Å². The molecule has 1 fully saturated rings. The molecule has 0 bridgehead atoms. The van der Waals surface area contributed by atoms with E-state index >= 15 is 0 Å². The molecular weight excluding hydrogens is 304 g/mol. The van der Waals surface area contributed by atoms with Crippen LogP contribution in [0.3, 0.4) is 0 Å². The molecule has 1 heterocycles. The molecule has 24 heavy (non-hydrogen) atoms. The van der Waals surface area contributed by atoms with Gasteiger partial charge in [-0.3, -0.25) is 9.89 Å². The van der Waals surface area contributed by atoms with Crippen LogP contribution in [-0.2, 0) is 4.74 Å². The van der Waals surface area contributed by atoms with E-state index in [1.165, 1.54) is 12.8 Å². The minimum Gasteiger partial charge on any atom is -0.468 e. The Kier molecular flexibility index (Phi) is 7.59. The van der Waals surface area contributed by atoms with Gasteiger partial charge in [-0.2, -0.15) is 0 Å². The lowest BCUT2D eigenvalue weighted by Crippen LogP contribution is -2.41. The summed E-state index contributed by atoms with van der Waals surface area (Å²) in [5, 5.41) is 3.36. The maximum Gasteiger partial charge on any atom is 0.193 e. The van der Waals surface area contributed by atoms with Gasteiger partial charge in [0.2, 0.25) is 0 Å². The van der Waals surface area contributed by atoms with Crippen LogP contribution in [0, 0.1) is 5.92 Å². The summed E-state index contributed by atoms with van der Waals surface area (Å²) in [5.41, 5.74) is 0. The van der Waals surface area contributed by atoms with Gasteiger partial charge in [0, 0.05) is 26.7 Å². The van der Waals surface area contributed by atoms with Crippen molar-refractivity contribution in [3.63, 3.8) is 0 Å². The number of aliphatic imine (C=N–C) groups is 1. The molecule has 1 unspecified atom stereocenters. The highest BCUT2D eigenvalue weighted by Gasteiger charge is 2.21. The highest BCUT2D eigenvalue weighted by Crippen LogP contribution is 2.28. The fourth-order valence-corrected chi connectivity index (χ4v) is 2.47. The van der Waals surface area contributed by atoms with Crippen LogP contribution in [0.25, 0.3) is 0 Å². The van der Waals surface area contributed by atoms with Crippen molar-refractivity contribution < 1.29 is 9.15 Å². The Morgan fingerprint density at radius 3 is 2.79 bits per heavy atom. The molecule has 1 aromatic rings. The molecule has 1 aromatic heterocycles. The highest BCUT2D eigenvalue weighted by atomic mass is 16.5. The Labute approximate surface area is 145 Å². The average Bonchev–Trinajstić information content (AvgIpc) is 3.23. The Morgan fingerprint density at radius 1 is 1.42 bits per heavy atom. The standard InChI is InChI=1S/C18H32N4O2/c1-5-19-18(22(4)10-12-23-14-15-8-9-15)20-13-16(21(2)3)17-7-6-11-24-17/h6-7,11,15-16H,5,8-10,12-14H2,1-4H3,(H,19,20). The number of rotatable bonds is 10. The minimum atomic E-state index is 0.133. The molecule has 2 rings (SSSR count). The van der Waals surface area contributed by atoms with E-state index in [1.807, 2.05) is 26.2 Å². The molecule has 1 aliphatic rings. The van der Waals surface area contributed by atoms with Gasteiger partial charge in [-0.25, -0.2) is 0 Å². The SMILES string of the molecule is CCNC(=NCC(c1ccco1)N(C)C)N(C)CCOCC1CC1. The summed E-state index contributed by atoms with van der Waals surface area (Å²) in [7, 11) is 6.15. The topological polar surface area (TPSA) is 53.2 Å². The van der Waals surface area contributed by atoms with Gasteiger partial charge in [-0.15, -0.1) is 0 Å². The molecule has 0 aromatic carbocycles. The summed E-state index contributed by atoms with van der Waals surface area (Å²) in [6, 6.07) is 4.06. The lowest BCUT2D eigenvalue weighted by molar-refractivity contribution is 0.115. The van der Waals surface area contributed by atoms with Gasteiger partial charge >= 0.3 is 0 Å². The second kappa shape index (κ2) is 9.69. The summed E-state index contributed by atoms with van der Waals surface area (Å²) < 4.78 is 11.3. The lowest BCUT2D eigenvalue weighted by atomic mass is 10.2. The fraction of sp³-hybridized carbons (Fsp3) is 0.722. The first-order valence-corrected chi connectivity index (χ1v) is 8.88. The summed E-state index contributed by atoms with van der Waals surface area (Å²) in [5.74, 6) is 2.66. The lowest BCUT2D eigenvalue weighted by Gasteiger charge is -2.24. The quantitative estimate of drug-likeness (QED) is 0.403. The largest absolute Gasteiger partial charge is 0.468 e. The van der Waals surface area contributed by atoms with Gasteiger partial charge in [-0.05, 0) is 51.9 Å². The smallest absolute Gasteiger partial charge is 0.193 e. The molecule has 1 atom stereocenters. The van der Waals surface area contributed by atoms with Gasteiger partial charge < -0.3 is 19.4 Å². The predicted octanol–water partition coefficient (Wildman–Crippen LogP) is 2.21. The van der Waals surface area contributed by atoms with Crippen molar-refractivity contribution in [1.29, 1.82) is 0 Å². The van der Waals surface area contributed by atoms with Crippen LogP contribution in [0.5, 0.6) is 0 Å². The van der Waals surface area contributed by atoms with Crippen LogP contribution in [0.1, 0.15) is 31.6 Å². The monoisotopic (exact) mass is 336 g/mol. The van der Waals surface area contributed by atoms with Crippen LogP contribution >= 0.6 is 0 Å². The van der Waals surface area contributed by atoms with Crippen LogP contribution in [0.4, 0.5) is 0 Å². The van der Waals surface area contributed by atoms with Gasteiger partial charge in [-0.1, -0.05) is 0 Å². The van der Waals surface area contributed by atoms with Gasteiger partial charge in [0.1, 0.15) is 5.76 Å². The first kappa shape index (κ1) is 18.8. The van der Waals surface area contributed by atoms with Crippen molar-refractivity contribution in [2.24, 2.45) is 10.9 Å². The predicted molar refractivity (Wildman–Crippen MR) is 97.3 cm³/mol. The zero-order valence-corrected chi connectivity index (χ0v) is 15.5. The molecule has 136 valence electrons. The van der Waals surface area contributed by atoms with Crippen molar-refractivity contribution >= 4 is 5.96 Å². The summed E-state index contributed by atoms with van der Waals surface area (Å²) in [4.78, 5) is 9.05. The molecule has 1 N–H and O–H groups in total. The Hall–Kier alpha value is -1.53. The van der Waals surface area contributed by atoms with E-state index in [-0.39, 0.29) is 6.04 Å². The van der Waals surface area contributed by atoms with Crippen molar-refractivity contribution in [1.82, 2.24) is 15.1 Å². The third-order valence-electron chi connectivity index (χ3n) is 4.23. The molecular formula is C18H32N4O2. The third-order valence-corrected chi connectivity index (χ3v) is 4.23. The second-order valence-electron chi connectivity index (χ2n) is 6.63. The number of furan rings is 1. The highest BCUT2D eigenvalue weighted by molar-refractivity contribution is 5.79. The summed E-state index contributed by atoms with van der Waals surface area (Å²) in [6.45, 7) is 6.07. The van der Waals surface area contributed by atoms with E-state index in [2.05, 4.69) is 29.1 Å². The van der Waals surface area contributed by atoms with E-state index in [0.717, 1.165) is 43.9 Å². The summed E-state index contributed by atoms with van der Waals surface area (Å²) >= 11 is 0. The van der Waals surface area contributed by atoms with Crippen molar-refractivity contribution in [2.75, 3.05) is 54.0 Å². The molecule has 0 amide bonds. The van der Waals surface area contributed by atoms with Crippen LogP contribution in [0.15, 0.2) is 27.8 Å². The maximum atomic E-state index is 5.73. The number of likely N-dealkylation sites (N-methyl/N-ethyl adjacent to an activating group) is 2. The van der Waals surface area contributed by atoms with Gasteiger partial charge in [0.15, 0.2) is 5.96 Å². The number of nitrogens with zero attached hydrogens (tertiary/aromatic N) is 3. The number of hydrogen-bond acceptors (Lipinski definition) is 4. The maximum absolute atomic E-state index is 5.73. The number of hydrogen-bond donors (Lipinski definition) is 1.